The van der Waals surface area contributed by atoms with Gasteiger partial charge in [0.15, 0.2) is 0 Å². The van der Waals surface area contributed by atoms with Gasteiger partial charge in [0.2, 0.25) is 0 Å². The van der Waals surface area contributed by atoms with Gasteiger partial charge in [-0.25, -0.2) is 4.79 Å². The van der Waals surface area contributed by atoms with Gasteiger partial charge in [-0.15, -0.1) is 0 Å². The Bertz CT molecular complexity index is 457. The van der Waals surface area contributed by atoms with Gasteiger partial charge in [0, 0.05) is 18.8 Å². The first-order valence-corrected chi connectivity index (χ1v) is 5.49. The van der Waals surface area contributed by atoms with Crippen LogP contribution < -0.4 is 10.6 Å². The van der Waals surface area contributed by atoms with E-state index in [2.05, 4.69) is 0 Å². The smallest absolute Gasteiger partial charge is 0.337 e. The first-order valence-electron chi connectivity index (χ1n) is 5.49. The third-order valence-electron chi connectivity index (χ3n) is 3.04. The number of carbonyl (C=O) groups is 1. The summed E-state index contributed by atoms with van der Waals surface area (Å²) >= 11 is 0. The van der Waals surface area contributed by atoms with Gasteiger partial charge in [-0.3, -0.25) is 0 Å². The second-order valence-corrected chi connectivity index (χ2v) is 4.75. The van der Waals surface area contributed by atoms with E-state index in [1.54, 1.807) is 19.1 Å². The number of carboxylic acids is 1. The number of hydrogen-bond donors (Lipinski definition) is 3. The van der Waals surface area contributed by atoms with Crippen molar-refractivity contribution in [1.82, 2.24) is 0 Å². The molecule has 17 heavy (non-hydrogen) atoms. The van der Waals surface area contributed by atoms with Crippen molar-refractivity contribution in [3.63, 3.8) is 0 Å². The largest absolute Gasteiger partial charge is 0.478 e. The lowest BCUT2D eigenvalue weighted by atomic mass is 10.1. The van der Waals surface area contributed by atoms with Crippen LogP contribution in [-0.2, 0) is 0 Å². The minimum atomic E-state index is -0.980. The van der Waals surface area contributed by atoms with Crippen molar-refractivity contribution in [3.8, 4) is 0 Å². The monoisotopic (exact) mass is 236 g/mol. The number of β-amino-alcohol motifs (C(OH)–C–C–N with tert-alkyl or cyclic N) is 1. The summed E-state index contributed by atoms with van der Waals surface area (Å²) in [6.45, 7) is 2.81. The lowest BCUT2D eigenvalue weighted by Crippen LogP contribution is -2.30. The molecule has 1 unspecified atom stereocenters. The van der Waals surface area contributed by atoms with E-state index >= 15 is 0 Å². The fourth-order valence-corrected chi connectivity index (χ4v) is 2.14. The number of aliphatic hydroxyl groups is 1. The van der Waals surface area contributed by atoms with Crippen molar-refractivity contribution in [2.45, 2.75) is 18.9 Å². The zero-order valence-corrected chi connectivity index (χ0v) is 9.68. The molecule has 0 spiro atoms. The maximum absolute atomic E-state index is 11.1. The van der Waals surface area contributed by atoms with Gasteiger partial charge in [-0.05, 0) is 31.5 Å². The number of nitrogens with two attached hydrogens (primary N) is 1. The highest BCUT2D eigenvalue weighted by atomic mass is 16.4. The van der Waals surface area contributed by atoms with E-state index in [4.69, 9.17) is 10.8 Å². The van der Waals surface area contributed by atoms with Crippen molar-refractivity contribution in [2.75, 3.05) is 23.7 Å². The van der Waals surface area contributed by atoms with E-state index in [9.17, 15) is 9.90 Å². The molecule has 1 aromatic carbocycles. The van der Waals surface area contributed by atoms with Gasteiger partial charge in [-0.2, -0.15) is 0 Å². The highest BCUT2D eigenvalue weighted by molar-refractivity contribution is 5.95. The summed E-state index contributed by atoms with van der Waals surface area (Å²) in [5.41, 5.74) is 6.24. The fraction of sp³-hybridized carbons (Fsp3) is 0.417. The summed E-state index contributed by atoms with van der Waals surface area (Å²) in [6, 6.07) is 4.71. The molecule has 1 fully saturated rings. The van der Waals surface area contributed by atoms with E-state index in [1.165, 1.54) is 6.07 Å². The number of benzene rings is 1. The lowest BCUT2D eigenvalue weighted by molar-refractivity contribution is 0.0695. The predicted octanol–water partition coefficient (Wildman–Crippen LogP) is 0.928. The number of nitrogens with zero attached hydrogens (tertiary/aromatic N) is 1. The molecule has 0 radical (unpaired) electrons. The summed E-state index contributed by atoms with van der Waals surface area (Å²) in [5.74, 6) is -0.980. The van der Waals surface area contributed by atoms with Crippen LogP contribution in [0.4, 0.5) is 11.4 Å². The maximum Gasteiger partial charge on any atom is 0.337 e. The molecular weight excluding hydrogens is 220 g/mol. The van der Waals surface area contributed by atoms with Crippen molar-refractivity contribution >= 4 is 17.3 Å². The van der Waals surface area contributed by atoms with Crippen molar-refractivity contribution in [1.29, 1.82) is 0 Å². The van der Waals surface area contributed by atoms with Crippen LogP contribution in [0, 0.1) is 0 Å². The molecule has 0 saturated carbocycles. The Hall–Kier alpha value is -1.75. The predicted molar refractivity (Wildman–Crippen MR) is 65.3 cm³/mol. The number of aromatic carboxylic acids is 1. The minimum Gasteiger partial charge on any atom is -0.478 e. The molecule has 0 aromatic heterocycles. The number of hydrogen-bond acceptors (Lipinski definition) is 4. The Kier molecular flexibility index (Phi) is 2.71. The Balaban J connectivity index is 2.38. The lowest BCUT2D eigenvalue weighted by Gasteiger charge is -2.22. The number of rotatable bonds is 2. The highest BCUT2D eigenvalue weighted by Crippen LogP contribution is 2.30. The van der Waals surface area contributed by atoms with Crippen LogP contribution >= 0.6 is 0 Å². The average molecular weight is 236 g/mol. The van der Waals surface area contributed by atoms with Gasteiger partial charge in [-0.1, -0.05) is 0 Å². The molecule has 1 aliphatic heterocycles. The van der Waals surface area contributed by atoms with Crippen LogP contribution in [0.1, 0.15) is 23.7 Å². The summed E-state index contributed by atoms with van der Waals surface area (Å²) in [5, 5.41) is 19.0. The summed E-state index contributed by atoms with van der Waals surface area (Å²) in [6.07, 6.45) is 0.626. The van der Waals surface area contributed by atoms with Crippen LogP contribution in [0.25, 0.3) is 0 Å². The number of carboxylic acid groups (broad SMARTS) is 1. The fourth-order valence-electron chi connectivity index (χ4n) is 2.14. The van der Waals surface area contributed by atoms with Crippen molar-refractivity contribution in [2.24, 2.45) is 0 Å². The third kappa shape index (κ3) is 2.34. The third-order valence-corrected chi connectivity index (χ3v) is 3.04. The second kappa shape index (κ2) is 3.92. The first-order chi connectivity index (χ1) is 7.89. The van der Waals surface area contributed by atoms with E-state index in [0.717, 1.165) is 0 Å². The molecular formula is C12H16N2O3. The number of nitrogen functional groups attached to an aromatic ring is 1. The molecule has 1 aromatic rings. The Morgan fingerprint density at radius 3 is 2.76 bits per heavy atom. The summed E-state index contributed by atoms with van der Waals surface area (Å²) < 4.78 is 0. The quantitative estimate of drug-likeness (QED) is 0.665. The van der Waals surface area contributed by atoms with Crippen LogP contribution in [0.5, 0.6) is 0 Å². The molecule has 92 valence electrons. The van der Waals surface area contributed by atoms with Crippen molar-refractivity contribution in [3.05, 3.63) is 23.8 Å². The Labute approximate surface area is 99.5 Å². The van der Waals surface area contributed by atoms with Crippen molar-refractivity contribution < 1.29 is 15.0 Å². The zero-order chi connectivity index (χ0) is 12.6. The van der Waals surface area contributed by atoms with Crippen LogP contribution in [-0.4, -0.2) is 34.9 Å². The molecule has 5 nitrogen and oxygen atoms in total. The van der Waals surface area contributed by atoms with Gasteiger partial charge in [0.1, 0.15) is 0 Å². The molecule has 1 atom stereocenters. The number of anilines is 2. The van der Waals surface area contributed by atoms with E-state index in [-0.39, 0.29) is 5.56 Å². The van der Waals surface area contributed by atoms with Gasteiger partial charge in [0.25, 0.3) is 0 Å². The van der Waals surface area contributed by atoms with Crippen LogP contribution in [0.2, 0.25) is 0 Å². The molecule has 0 aliphatic carbocycles. The Morgan fingerprint density at radius 1 is 1.53 bits per heavy atom. The molecule has 5 heteroatoms. The summed E-state index contributed by atoms with van der Waals surface area (Å²) in [4.78, 5) is 13.0. The molecule has 4 N–H and O–H groups in total. The van der Waals surface area contributed by atoms with Crippen LogP contribution in [0.15, 0.2) is 18.2 Å². The molecule has 0 bridgehead atoms. The Morgan fingerprint density at radius 2 is 2.24 bits per heavy atom. The topological polar surface area (TPSA) is 86.8 Å². The van der Waals surface area contributed by atoms with Gasteiger partial charge in [0.05, 0.1) is 16.9 Å². The molecule has 2 rings (SSSR count). The van der Waals surface area contributed by atoms with E-state index in [1.807, 2.05) is 4.90 Å². The maximum atomic E-state index is 11.1. The first kappa shape index (κ1) is 11.7. The molecule has 0 amide bonds. The highest BCUT2D eigenvalue weighted by Gasteiger charge is 2.33. The van der Waals surface area contributed by atoms with E-state index in [0.29, 0.717) is 30.9 Å². The van der Waals surface area contributed by atoms with Gasteiger partial charge >= 0.3 is 5.97 Å². The van der Waals surface area contributed by atoms with Gasteiger partial charge < -0.3 is 20.8 Å². The minimum absolute atomic E-state index is 0.219. The average Bonchev–Trinajstić information content (AvgIpc) is 2.58. The standard InChI is InChI=1S/C12H16N2O3/c1-12(17)4-5-14(7-12)10-6-8(13)2-3-9(10)11(15)16/h2-3,6,17H,4-5,7,13H2,1H3,(H,15,16). The van der Waals surface area contributed by atoms with E-state index < -0.39 is 11.6 Å². The molecule has 1 heterocycles. The zero-order valence-electron chi connectivity index (χ0n) is 9.68. The van der Waals surface area contributed by atoms with Crippen LogP contribution in [0.3, 0.4) is 0 Å². The summed E-state index contributed by atoms with van der Waals surface area (Å²) in [7, 11) is 0. The molecule has 1 saturated heterocycles. The molecule has 1 aliphatic rings. The normalized spacial score (nSPS) is 24.0. The SMILES string of the molecule is CC1(O)CCN(c2cc(N)ccc2C(=O)O)C1. The second-order valence-electron chi connectivity index (χ2n) is 4.75.